The summed E-state index contributed by atoms with van der Waals surface area (Å²) in [5, 5.41) is 13.9. The van der Waals surface area contributed by atoms with Crippen LogP contribution in [0.25, 0.3) is 0 Å². The summed E-state index contributed by atoms with van der Waals surface area (Å²) >= 11 is 3.46. The summed E-state index contributed by atoms with van der Waals surface area (Å²) < 4.78 is 1.06. The van der Waals surface area contributed by atoms with E-state index in [4.69, 9.17) is 0 Å². The van der Waals surface area contributed by atoms with Gasteiger partial charge in [-0.05, 0) is 49.2 Å². The molecule has 2 aromatic rings. The third kappa shape index (κ3) is 4.26. The second-order valence-electron chi connectivity index (χ2n) is 4.65. The zero-order chi connectivity index (χ0) is 15.2. The molecule has 0 aliphatic heterocycles. The highest BCUT2D eigenvalue weighted by Gasteiger charge is 2.07. The second kappa shape index (κ2) is 7.17. The standard InChI is InChI=1S/C15H17BrN4O/c1-3-8-17-15(21)13-6-7-14(20-19-13)18-11-4-5-12(16)10(2)9-11/h4-7,9H,3,8H2,1-2H3,(H,17,21)(H,18,20). The number of amides is 1. The molecule has 0 radical (unpaired) electrons. The fourth-order valence-electron chi connectivity index (χ4n) is 1.72. The molecule has 2 N–H and O–H groups in total. The number of hydrogen-bond acceptors (Lipinski definition) is 4. The van der Waals surface area contributed by atoms with Crippen molar-refractivity contribution in [1.29, 1.82) is 0 Å². The van der Waals surface area contributed by atoms with Gasteiger partial charge in [-0.15, -0.1) is 10.2 Å². The highest BCUT2D eigenvalue weighted by Crippen LogP contribution is 2.22. The van der Waals surface area contributed by atoms with Crippen LogP contribution in [0.15, 0.2) is 34.8 Å². The summed E-state index contributed by atoms with van der Waals surface area (Å²) in [6, 6.07) is 9.32. The largest absolute Gasteiger partial charge is 0.351 e. The summed E-state index contributed by atoms with van der Waals surface area (Å²) in [6.45, 7) is 4.65. The molecule has 110 valence electrons. The average molecular weight is 349 g/mol. The van der Waals surface area contributed by atoms with Gasteiger partial charge >= 0.3 is 0 Å². The molecule has 0 unspecified atom stereocenters. The fourth-order valence-corrected chi connectivity index (χ4v) is 1.97. The van der Waals surface area contributed by atoms with Crippen LogP contribution in [-0.2, 0) is 0 Å². The lowest BCUT2D eigenvalue weighted by Crippen LogP contribution is -2.25. The molecule has 0 saturated carbocycles. The minimum absolute atomic E-state index is 0.199. The van der Waals surface area contributed by atoms with E-state index in [1.165, 1.54) is 0 Å². The third-order valence-electron chi connectivity index (χ3n) is 2.86. The Kier molecular flexibility index (Phi) is 5.27. The van der Waals surface area contributed by atoms with Gasteiger partial charge in [0.25, 0.3) is 5.91 Å². The number of aromatic nitrogens is 2. The molecule has 1 aromatic carbocycles. The van der Waals surface area contributed by atoms with Gasteiger partial charge in [0.1, 0.15) is 0 Å². The number of carbonyl (C=O) groups excluding carboxylic acids is 1. The van der Waals surface area contributed by atoms with Gasteiger partial charge in [-0.25, -0.2) is 0 Å². The van der Waals surface area contributed by atoms with Gasteiger partial charge in [0, 0.05) is 16.7 Å². The van der Waals surface area contributed by atoms with E-state index < -0.39 is 0 Å². The van der Waals surface area contributed by atoms with Crippen molar-refractivity contribution < 1.29 is 4.79 Å². The maximum Gasteiger partial charge on any atom is 0.271 e. The maximum atomic E-state index is 11.7. The Morgan fingerprint density at radius 2 is 2.05 bits per heavy atom. The molecule has 1 amide bonds. The molecule has 0 bridgehead atoms. The molecule has 6 heteroatoms. The second-order valence-corrected chi connectivity index (χ2v) is 5.50. The van der Waals surface area contributed by atoms with E-state index in [2.05, 4.69) is 36.8 Å². The van der Waals surface area contributed by atoms with Crippen LogP contribution in [0.3, 0.4) is 0 Å². The van der Waals surface area contributed by atoms with Gasteiger partial charge in [-0.3, -0.25) is 4.79 Å². The summed E-state index contributed by atoms with van der Waals surface area (Å²) in [6.07, 6.45) is 0.891. The van der Waals surface area contributed by atoms with Crippen LogP contribution in [0.2, 0.25) is 0 Å². The van der Waals surface area contributed by atoms with E-state index >= 15 is 0 Å². The summed E-state index contributed by atoms with van der Waals surface area (Å²) in [4.78, 5) is 11.7. The van der Waals surface area contributed by atoms with Crippen LogP contribution in [0.5, 0.6) is 0 Å². The minimum Gasteiger partial charge on any atom is -0.351 e. The van der Waals surface area contributed by atoms with E-state index in [1.807, 2.05) is 32.0 Å². The zero-order valence-corrected chi connectivity index (χ0v) is 13.6. The molecule has 5 nitrogen and oxygen atoms in total. The van der Waals surface area contributed by atoms with Crippen LogP contribution < -0.4 is 10.6 Å². The Bertz CT molecular complexity index is 628. The van der Waals surface area contributed by atoms with Crippen LogP contribution in [0.4, 0.5) is 11.5 Å². The van der Waals surface area contributed by atoms with Crippen LogP contribution in [0, 0.1) is 6.92 Å². The van der Waals surface area contributed by atoms with Gasteiger partial charge in [0.15, 0.2) is 11.5 Å². The monoisotopic (exact) mass is 348 g/mol. The van der Waals surface area contributed by atoms with Crippen molar-refractivity contribution in [3.63, 3.8) is 0 Å². The fraction of sp³-hybridized carbons (Fsp3) is 0.267. The van der Waals surface area contributed by atoms with E-state index in [-0.39, 0.29) is 5.91 Å². The van der Waals surface area contributed by atoms with Crippen molar-refractivity contribution in [3.05, 3.63) is 46.1 Å². The van der Waals surface area contributed by atoms with Gasteiger partial charge in [-0.2, -0.15) is 0 Å². The smallest absolute Gasteiger partial charge is 0.271 e. The third-order valence-corrected chi connectivity index (χ3v) is 3.75. The first-order valence-corrected chi connectivity index (χ1v) is 7.54. The molecule has 0 aliphatic rings. The number of nitrogens with zero attached hydrogens (tertiary/aromatic N) is 2. The molecule has 1 aromatic heterocycles. The molecule has 0 aliphatic carbocycles. The molecule has 0 spiro atoms. The van der Waals surface area contributed by atoms with Crippen LogP contribution in [-0.4, -0.2) is 22.6 Å². The lowest BCUT2D eigenvalue weighted by molar-refractivity contribution is 0.0947. The normalized spacial score (nSPS) is 10.2. The number of hydrogen-bond donors (Lipinski definition) is 2. The van der Waals surface area contributed by atoms with Gasteiger partial charge in [0.2, 0.25) is 0 Å². The highest BCUT2D eigenvalue weighted by molar-refractivity contribution is 9.10. The number of benzene rings is 1. The first kappa shape index (κ1) is 15.4. The first-order chi connectivity index (χ1) is 10.1. The molecule has 21 heavy (non-hydrogen) atoms. The molecular weight excluding hydrogens is 332 g/mol. The topological polar surface area (TPSA) is 66.9 Å². The molecule has 2 rings (SSSR count). The lowest BCUT2D eigenvalue weighted by atomic mass is 10.2. The van der Waals surface area contributed by atoms with E-state index in [0.717, 1.165) is 22.1 Å². The predicted octanol–water partition coefficient (Wildman–Crippen LogP) is 3.43. The van der Waals surface area contributed by atoms with Crippen molar-refractivity contribution in [3.8, 4) is 0 Å². The number of carbonyl (C=O) groups is 1. The van der Waals surface area contributed by atoms with Gasteiger partial charge < -0.3 is 10.6 Å². The minimum atomic E-state index is -0.199. The highest BCUT2D eigenvalue weighted by atomic mass is 79.9. The van der Waals surface area contributed by atoms with E-state index in [1.54, 1.807) is 12.1 Å². The first-order valence-electron chi connectivity index (χ1n) is 6.75. The maximum absolute atomic E-state index is 11.7. The average Bonchev–Trinajstić information content (AvgIpc) is 2.49. The summed E-state index contributed by atoms with van der Waals surface area (Å²) in [5.74, 6) is 0.402. The quantitative estimate of drug-likeness (QED) is 0.868. The lowest BCUT2D eigenvalue weighted by Gasteiger charge is -2.07. The molecule has 1 heterocycles. The van der Waals surface area contributed by atoms with Crippen molar-refractivity contribution in [1.82, 2.24) is 15.5 Å². The van der Waals surface area contributed by atoms with Gasteiger partial charge in [0.05, 0.1) is 0 Å². The molecule has 0 saturated heterocycles. The zero-order valence-electron chi connectivity index (χ0n) is 12.0. The molecule has 0 fully saturated rings. The number of aryl methyl sites for hydroxylation is 1. The number of anilines is 2. The number of halogens is 1. The SMILES string of the molecule is CCCNC(=O)c1ccc(Nc2ccc(Br)c(C)c2)nn1. The Morgan fingerprint density at radius 3 is 2.67 bits per heavy atom. The van der Waals surface area contributed by atoms with Crippen LogP contribution >= 0.6 is 15.9 Å². The van der Waals surface area contributed by atoms with Crippen molar-refractivity contribution in [2.45, 2.75) is 20.3 Å². The number of rotatable bonds is 5. The predicted molar refractivity (Wildman–Crippen MR) is 86.8 cm³/mol. The Balaban J connectivity index is 2.05. The van der Waals surface area contributed by atoms with Crippen molar-refractivity contribution in [2.75, 3.05) is 11.9 Å². The molecule has 0 atom stereocenters. The summed E-state index contributed by atoms with van der Waals surface area (Å²) in [7, 11) is 0. The van der Waals surface area contributed by atoms with Gasteiger partial charge in [-0.1, -0.05) is 22.9 Å². The van der Waals surface area contributed by atoms with Crippen molar-refractivity contribution >= 4 is 33.3 Å². The van der Waals surface area contributed by atoms with E-state index in [0.29, 0.717) is 18.1 Å². The Hall–Kier alpha value is -1.95. The summed E-state index contributed by atoms with van der Waals surface area (Å²) in [5.41, 5.74) is 2.37. The van der Waals surface area contributed by atoms with Crippen LogP contribution in [0.1, 0.15) is 29.4 Å². The number of nitrogens with one attached hydrogen (secondary N) is 2. The van der Waals surface area contributed by atoms with E-state index in [9.17, 15) is 4.79 Å². The molecular formula is C15H17BrN4O. The Morgan fingerprint density at radius 1 is 1.24 bits per heavy atom. The van der Waals surface area contributed by atoms with Crippen molar-refractivity contribution in [2.24, 2.45) is 0 Å². The Labute approximate surface area is 132 Å².